The van der Waals surface area contributed by atoms with Crippen molar-refractivity contribution < 1.29 is 18.4 Å². The number of rotatable bonds is 15. The minimum absolute atomic E-state index is 0.209. The molecule has 0 aromatic rings. The lowest BCUT2D eigenvalue weighted by atomic mass is 10.4. The van der Waals surface area contributed by atoms with E-state index in [4.69, 9.17) is 13.6 Å². The van der Waals surface area contributed by atoms with Crippen molar-refractivity contribution in [2.75, 3.05) is 6.61 Å². The summed E-state index contributed by atoms with van der Waals surface area (Å²) in [5.41, 5.74) is 1.02. The summed E-state index contributed by atoms with van der Waals surface area (Å²) in [6, 6.07) is 2.31. The molecule has 7 heteroatoms. The van der Waals surface area contributed by atoms with Gasteiger partial charge in [0, 0.05) is 11.3 Å². The summed E-state index contributed by atoms with van der Waals surface area (Å²) in [4.78, 5) is 11.5. The number of hydrogen-bond acceptors (Lipinski definition) is 4. The van der Waals surface area contributed by atoms with E-state index in [1.165, 1.54) is 18.9 Å². The van der Waals surface area contributed by atoms with Crippen molar-refractivity contribution in [2.24, 2.45) is 0 Å². The standard InChI is InChI=1S/C22H48O4Si3/c1-12-14-17-27(6,7)20(5)25-29(10,11)21(13-2)26-28(8,9)18-15-16-24-22(23)19(3)4/h20-21H,3,12-18H2,1-2,4-11H3. The predicted octanol–water partition coefficient (Wildman–Crippen LogP) is 6.69. The Labute approximate surface area is 184 Å². The molecule has 0 spiro atoms. The van der Waals surface area contributed by atoms with Crippen molar-refractivity contribution in [3.63, 3.8) is 0 Å². The van der Waals surface area contributed by atoms with Crippen LogP contribution in [0.5, 0.6) is 0 Å². The lowest BCUT2D eigenvalue weighted by Gasteiger charge is -2.42. The van der Waals surface area contributed by atoms with E-state index in [0.29, 0.717) is 17.9 Å². The maximum absolute atomic E-state index is 11.5. The monoisotopic (exact) mass is 460 g/mol. The molecule has 0 N–H and O–H groups in total. The number of unbranched alkanes of at least 4 members (excludes halogenated alkanes) is 1. The first kappa shape index (κ1) is 28.8. The number of esters is 1. The third-order valence-electron chi connectivity index (χ3n) is 5.87. The van der Waals surface area contributed by atoms with Crippen LogP contribution in [0, 0.1) is 0 Å². The molecular weight excluding hydrogens is 412 g/mol. The predicted molar refractivity (Wildman–Crippen MR) is 133 cm³/mol. The highest BCUT2D eigenvalue weighted by molar-refractivity contribution is 6.81. The van der Waals surface area contributed by atoms with Crippen molar-refractivity contribution in [1.29, 1.82) is 0 Å². The molecular formula is C22H48O4Si3. The molecule has 4 nitrogen and oxygen atoms in total. The number of carbonyl (C=O) groups excluding carboxylic acids is 1. The lowest BCUT2D eigenvalue weighted by Crippen LogP contribution is -2.56. The molecule has 0 aliphatic carbocycles. The first-order valence-corrected chi connectivity index (χ1v) is 20.7. The fourth-order valence-corrected chi connectivity index (χ4v) is 13.5. The third-order valence-corrected chi connectivity index (χ3v) is 15.8. The summed E-state index contributed by atoms with van der Waals surface area (Å²) in [5, 5.41) is 0. The van der Waals surface area contributed by atoms with Crippen LogP contribution in [0.25, 0.3) is 0 Å². The Hall–Kier alpha value is -0.219. The second-order valence-electron chi connectivity index (χ2n) is 10.2. The Morgan fingerprint density at radius 2 is 1.55 bits per heavy atom. The number of ether oxygens (including phenoxy) is 1. The van der Waals surface area contributed by atoms with E-state index < -0.39 is 24.7 Å². The molecule has 0 amide bonds. The highest BCUT2D eigenvalue weighted by Crippen LogP contribution is 2.29. The van der Waals surface area contributed by atoms with Crippen LogP contribution in [0.3, 0.4) is 0 Å². The Morgan fingerprint density at radius 3 is 2.03 bits per heavy atom. The lowest BCUT2D eigenvalue weighted by molar-refractivity contribution is -0.138. The molecule has 0 aliphatic heterocycles. The van der Waals surface area contributed by atoms with Gasteiger partial charge in [0.1, 0.15) is 0 Å². The molecule has 29 heavy (non-hydrogen) atoms. The van der Waals surface area contributed by atoms with E-state index in [-0.39, 0.29) is 11.7 Å². The maximum atomic E-state index is 11.5. The molecule has 0 saturated heterocycles. The zero-order valence-electron chi connectivity index (χ0n) is 20.9. The average molecular weight is 461 g/mol. The van der Waals surface area contributed by atoms with Crippen LogP contribution >= 0.6 is 0 Å². The van der Waals surface area contributed by atoms with Crippen molar-refractivity contribution in [1.82, 2.24) is 0 Å². The first-order valence-electron chi connectivity index (χ1n) is 11.4. The Kier molecular flexibility index (Phi) is 12.5. The minimum Gasteiger partial charge on any atom is -0.462 e. The van der Waals surface area contributed by atoms with Crippen LogP contribution in [0.2, 0.25) is 51.4 Å². The summed E-state index contributed by atoms with van der Waals surface area (Å²) in [6.07, 6.45) is 4.39. The van der Waals surface area contributed by atoms with Crippen molar-refractivity contribution in [3.05, 3.63) is 12.2 Å². The van der Waals surface area contributed by atoms with Gasteiger partial charge in [0.05, 0.1) is 20.4 Å². The Balaban J connectivity index is 4.82. The Morgan fingerprint density at radius 1 is 0.966 bits per heavy atom. The zero-order valence-corrected chi connectivity index (χ0v) is 23.9. The van der Waals surface area contributed by atoms with E-state index in [1.807, 2.05) is 0 Å². The van der Waals surface area contributed by atoms with Crippen LogP contribution in [0.4, 0.5) is 0 Å². The van der Waals surface area contributed by atoms with E-state index in [1.54, 1.807) is 6.92 Å². The van der Waals surface area contributed by atoms with Crippen molar-refractivity contribution in [3.8, 4) is 0 Å². The second kappa shape index (κ2) is 12.6. The number of carbonyl (C=O) groups is 1. The van der Waals surface area contributed by atoms with Crippen LogP contribution in [-0.2, 0) is 18.4 Å². The summed E-state index contributed by atoms with van der Waals surface area (Å²) < 4.78 is 18.8. The van der Waals surface area contributed by atoms with Gasteiger partial charge in [-0.15, -0.1) is 0 Å². The fourth-order valence-electron chi connectivity index (χ4n) is 3.47. The largest absolute Gasteiger partial charge is 0.462 e. The van der Waals surface area contributed by atoms with Crippen molar-refractivity contribution in [2.45, 2.75) is 116 Å². The topological polar surface area (TPSA) is 44.8 Å². The van der Waals surface area contributed by atoms with Crippen LogP contribution in [-0.4, -0.2) is 48.7 Å². The number of hydrogen-bond donors (Lipinski definition) is 0. The third kappa shape index (κ3) is 11.1. The molecule has 0 saturated carbocycles. The molecule has 2 atom stereocenters. The summed E-state index contributed by atoms with van der Waals surface area (Å²) in [5.74, 6) is -0.303. The average Bonchev–Trinajstić information content (AvgIpc) is 2.60. The minimum atomic E-state index is -1.98. The summed E-state index contributed by atoms with van der Waals surface area (Å²) in [7, 11) is -5.23. The fraction of sp³-hybridized carbons (Fsp3) is 0.864. The highest BCUT2D eigenvalue weighted by atomic mass is 28.4. The van der Waals surface area contributed by atoms with Gasteiger partial charge in [-0.2, -0.15) is 0 Å². The van der Waals surface area contributed by atoms with Crippen molar-refractivity contribution >= 4 is 30.7 Å². The maximum Gasteiger partial charge on any atom is 0.333 e. The van der Waals surface area contributed by atoms with Gasteiger partial charge in [0.2, 0.25) is 8.32 Å². The molecule has 0 rings (SSSR count). The molecule has 0 fully saturated rings. The molecule has 0 radical (unpaired) electrons. The summed E-state index contributed by atoms with van der Waals surface area (Å²) in [6.45, 7) is 26.6. The molecule has 0 bridgehead atoms. The molecule has 2 unspecified atom stereocenters. The summed E-state index contributed by atoms with van der Waals surface area (Å²) >= 11 is 0. The highest BCUT2D eigenvalue weighted by Gasteiger charge is 2.41. The van der Waals surface area contributed by atoms with Gasteiger partial charge in [-0.05, 0) is 58.9 Å². The molecule has 0 aromatic carbocycles. The van der Waals surface area contributed by atoms with E-state index in [9.17, 15) is 4.79 Å². The second-order valence-corrected chi connectivity index (χ2v) is 23.9. The van der Waals surface area contributed by atoms with Gasteiger partial charge >= 0.3 is 5.97 Å². The quantitative estimate of drug-likeness (QED) is 0.118. The van der Waals surface area contributed by atoms with Gasteiger partial charge in [0.25, 0.3) is 0 Å². The zero-order chi connectivity index (χ0) is 22.9. The van der Waals surface area contributed by atoms with E-state index in [2.05, 4.69) is 66.6 Å². The smallest absolute Gasteiger partial charge is 0.333 e. The van der Waals surface area contributed by atoms with Crippen LogP contribution in [0.1, 0.15) is 53.4 Å². The first-order chi connectivity index (χ1) is 13.2. The van der Waals surface area contributed by atoms with Crippen LogP contribution < -0.4 is 0 Å². The van der Waals surface area contributed by atoms with Gasteiger partial charge in [-0.25, -0.2) is 4.79 Å². The van der Waals surface area contributed by atoms with Gasteiger partial charge in [-0.3, -0.25) is 0 Å². The van der Waals surface area contributed by atoms with E-state index in [0.717, 1.165) is 18.9 Å². The molecule has 0 aliphatic rings. The molecule has 0 aromatic heterocycles. The SMILES string of the molecule is C=C(C)C(=O)OCCC[Si](C)(C)OC(CC)[Si](C)(C)OC(C)[Si](C)(C)CCCC. The van der Waals surface area contributed by atoms with Gasteiger partial charge in [0.15, 0.2) is 8.32 Å². The van der Waals surface area contributed by atoms with Gasteiger partial charge < -0.3 is 13.6 Å². The van der Waals surface area contributed by atoms with E-state index >= 15 is 0 Å². The van der Waals surface area contributed by atoms with Crippen LogP contribution in [0.15, 0.2) is 12.2 Å². The normalized spacial score (nSPS) is 15.1. The molecule has 0 heterocycles. The Bertz CT molecular complexity index is 518. The molecule has 172 valence electrons. The van der Waals surface area contributed by atoms with Gasteiger partial charge in [-0.1, -0.05) is 52.4 Å².